The van der Waals surface area contributed by atoms with Crippen LogP contribution in [0.15, 0.2) is 35.7 Å². The van der Waals surface area contributed by atoms with Crippen LogP contribution in [0, 0.1) is 18.3 Å². The number of thiophene rings is 1. The molecule has 0 aliphatic carbocycles. The van der Waals surface area contributed by atoms with Gasteiger partial charge in [-0.25, -0.2) is 4.79 Å². The summed E-state index contributed by atoms with van der Waals surface area (Å²) < 4.78 is 15.8. The summed E-state index contributed by atoms with van der Waals surface area (Å²) in [5.41, 5.74) is 7.46. The van der Waals surface area contributed by atoms with Gasteiger partial charge in [0.1, 0.15) is 23.0 Å². The Morgan fingerprint density at radius 2 is 2.16 bits per heavy atom. The Kier molecular flexibility index (Phi) is 4.38. The number of rotatable bonds is 3. The zero-order valence-electron chi connectivity index (χ0n) is 14.0. The minimum atomic E-state index is -0.493. The highest BCUT2D eigenvalue weighted by Crippen LogP contribution is 2.49. The molecule has 1 aliphatic heterocycles. The number of carbonyl (C=O) groups is 1. The fourth-order valence-electron chi connectivity index (χ4n) is 2.87. The molecule has 2 heterocycles. The Hall–Kier alpha value is -2.98. The highest BCUT2D eigenvalue weighted by atomic mass is 32.1. The number of ether oxygens (including phenoxy) is 3. The van der Waals surface area contributed by atoms with E-state index in [2.05, 4.69) is 6.07 Å². The first-order chi connectivity index (χ1) is 12.0. The SMILES string of the molecule is COC(=O)c1c(C)sc2c1OC(N)=C(C#N)[C@@H]2c1cccc(OC)c1. The number of nitrogens with zero attached hydrogens (tertiary/aromatic N) is 1. The number of nitrogens with two attached hydrogens (primary N) is 1. The van der Waals surface area contributed by atoms with E-state index in [1.54, 1.807) is 7.11 Å². The number of fused-ring (bicyclic) bond motifs is 1. The third-order valence-corrected chi connectivity index (χ3v) is 5.18. The molecule has 1 atom stereocenters. The van der Waals surface area contributed by atoms with Gasteiger partial charge in [0.2, 0.25) is 5.88 Å². The summed E-state index contributed by atoms with van der Waals surface area (Å²) in [5, 5.41) is 9.59. The molecule has 0 fully saturated rings. The molecule has 0 saturated heterocycles. The van der Waals surface area contributed by atoms with Crippen LogP contribution in [-0.4, -0.2) is 20.2 Å². The van der Waals surface area contributed by atoms with Crippen LogP contribution in [0.3, 0.4) is 0 Å². The minimum absolute atomic E-state index is 0.00854. The van der Waals surface area contributed by atoms with Crippen molar-refractivity contribution in [1.29, 1.82) is 5.26 Å². The zero-order valence-corrected chi connectivity index (χ0v) is 14.8. The summed E-state index contributed by atoms with van der Waals surface area (Å²) >= 11 is 1.39. The Bertz CT molecular complexity index is 924. The molecule has 1 aromatic heterocycles. The zero-order chi connectivity index (χ0) is 18.1. The number of nitriles is 1. The summed E-state index contributed by atoms with van der Waals surface area (Å²) in [6.45, 7) is 1.81. The predicted octanol–water partition coefficient (Wildman–Crippen LogP) is 3.07. The van der Waals surface area contributed by atoms with Crippen molar-refractivity contribution in [2.75, 3.05) is 14.2 Å². The first-order valence-corrected chi connectivity index (χ1v) is 8.26. The molecule has 1 aromatic carbocycles. The predicted molar refractivity (Wildman–Crippen MR) is 92.7 cm³/mol. The summed E-state index contributed by atoms with van der Waals surface area (Å²) in [4.78, 5) is 13.6. The van der Waals surface area contributed by atoms with Crippen LogP contribution in [0.5, 0.6) is 11.5 Å². The lowest BCUT2D eigenvalue weighted by Gasteiger charge is -2.24. The van der Waals surface area contributed by atoms with Gasteiger partial charge in [-0.15, -0.1) is 11.3 Å². The van der Waals surface area contributed by atoms with Gasteiger partial charge in [0.05, 0.1) is 25.0 Å². The van der Waals surface area contributed by atoms with E-state index in [1.807, 2.05) is 31.2 Å². The van der Waals surface area contributed by atoms with Crippen molar-refractivity contribution in [2.45, 2.75) is 12.8 Å². The van der Waals surface area contributed by atoms with E-state index in [4.69, 9.17) is 19.9 Å². The van der Waals surface area contributed by atoms with Gasteiger partial charge >= 0.3 is 5.97 Å². The van der Waals surface area contributed by atoms with Crippen molar-refractivity contribution in [3.63, 3.8) is 0 Å². The molecule has 7 heteroatoms. The number of hydrogen-bond acceptors (Lipinski definition) is 7. The summed E-state index contributed by atoms with van der Waals surface area (Å²) in [6.07, 6.45) is 0. The van der Waals surface area contributed by atoms with Crippen LogP contribution in [-0.2, 0) is 4.74 Å². The lowest BCUT2D eigenvalue weighted by atomic mass is 9.88. The first kappa shape index (κ1) is 16.9. The summed E-state index contributed by atoms with van der Waals surface area (Å²) in [5.74, 6) is 0.103. The van der Waals surface area contributed by atoms with E-state index in [0.29, 0.717) is 22.6 Å². The van der Waals surface area contributed by atoms with Gasteiger partial charge in [-0.2, -0.15) is 5.26 Å². The molecular weight excluding hydrogens is 340 g/mol. The molecule has 0 spiro atoms. The molecule has 128 valence electrons. The molecule has 3 rings (SSSR count). The van der Waals surface area contributed by atoms with Gasteiger partial charge < -0.3 is 19.9 Å². The standard InChI is InChI=1S/C18H16N2O4S/c1-9-13(18(21)23-3)15-16(25-9)14(12(8-19)17(20)24-15)10-5-4-6-11(7-10)22-2/h4-7,14H,20H2,1-3H3/t14-/m0/s1. The monoisotopic (exact) mass is 356 g/mol. The number of benzene rings is 1. The van der Waals surface area contributed by atoms with Gasteiger partial charge in [0, 0.05) is 4.88 Å². The van der Waals surface area contributed by atoms with E-state index in [1.165, 1.54) is 18.4 Å². The van der Waals surface area contributed by atoms with Crippen molar-refractivity contribution in [1.82, 2.24) is 0 Å². The van der Waals surface area contributed by atoms with Crippen LogP contribution in [0.2, 0.25) is 0 Å². The van der Waals surface area contributed by atoms with Crippen molar-refractivity contribution < 1.29 is 19.0 Å². The normalized spacial score (nSPS) is 15.8. The van der Waals surface area contributed by atoms with Crippen LogP contribution in [0.1, 0.15) is 31.6 Å². The third kappa shape index (κ3) is 2.71. The Balaban J connectivity index is 2.24. The lowest BCUT2D eigenvalue weighted by Crippen LogP contribution is -2.21. The van der Waals surface area contributed by atoms with Crippen molar-refractivity contribution in [2.24, 2.45) is 5.73 Å². The second-order valence-corrected chi connectivity index (χ2v) is 6.68. The second kappa shape index (κ2) is 6.49. The van der Waals surface area contributed by atoms with Crippen molar-refractivity contribution in [3.8, 4) is 17.6 Å². The summed E-state index contributed by atoms with van der Waals surface area (Å²) in [6, 6.07) is 9.53. The third-order valence-electron chi connectivity index (χ3n) is 4.03. The van der Waals surface area contributed by atoms with Crippen LogP contribution >= 0.6 is 11.3 Å². The van der Waals surface area contributed by atoms with Crippen LogP contribution in [0.25, 0.3) is 0 Å². The fourth-order valence-corrected chi connectivity index (χ4v) is 4.09. The average molecular weight is 356 g/mol. The topological polar surface area (TPSA) is 94.6 Å². The number of carbonyl (C=O) groups excluding carboxylic acids is 1. The molecule has 2 N–H and O–H groups in total. The summed E-state index contributed by atoms with van der Waals surface area (Å²) in [7, 11) is 2.89. The number of methoxy groups -OCH3 is 2. The molecule has 2 aromatic rings. The average Bonchev–Trinajstić information content (AvgIpc) is 2.95. The number of esters is 1. The molecule has 0 unspecified atom stereocenters. The first-order valence-electron chi connectivity index (χ1n) is 7.45. The molecule has 1 aliphatic rings. The van der Waals surface area contributed by atoms with Gasteiger partial charge in [-0.1, -0.05) is 12.1 Å². The largest absolute Gasteiger partial charge is 0.497 e. The molecule has 6 nitrogen and oxygen atoms in total. The maximum absolute atomic E-state index is 12.1. The molecule has 0 saturated carbocycles. The minimum Gasteiger partial charge on any atom is -0.497 e. The number of aryl methyl sites for hydroxylation is 1. The molecule has 0 amide bonds. The van der Waals surface area contributed by atoms with Gasteiger partial charge in [-0.05, 0) is 24.6 Å². The van der Waals surface area contributed by atoms with E-state index in [-0.39, 0.29) is 5.88 Å². The van der Waals surface area contributed by atoms with E-state index >= 15 is 0 Å². The van der Waals surface area contributed by atoms with Gasteiger partial charge in [0.25, 0.3) is 0 Å². The Labute approximate surface area is 149 Å². The molecular formula is C18H16N2O4S. The van der Waals surface area contributed by atoms with Gasteiger partial charge in [-0.3, -0.25) is 0 Å². The van der Waals surface area contributed by atoms with Crippen molar-refractivity contribution >= 4 is 17.3 Å². The van der Waals surface area contributed by atoms with E-state index in [9.17, 15) is 10.1 Å². The maximum Gasteiger partial charge on any atom is 0.342 e. The number of hydrogen-bond donors (Lipinski definition) is 1. The second-order valence-electron chi connectivity index (χ2n) is 5.42. The van der Waals surface area contributed by atoms with E-state index < -0.39 is 11.9 Å². The Morgan fingerprint density at radius 3 is 2.80 bits per heavy atom. The lowest BCUT2D eigenvalue weighted by molar-refractivity contribution is 0.0597. The number of allylic oxidation sites excluding steroid dienone is 1. The molecule has 25 heavy (non-hydrogen) atoms. The quantitative estimate of drug-likeness (QED) is 0.849. The highest BCUT2D eigenvalue weighted by molar-refractivity contribution is 7.12. The Morgan fingerprint density at radius 1 is 1.40 bits per heavy atom. The molecule has 0 bridgehead atoms. The maximum atomic E-state index is 12.1. The smallest absolute Gasteiger partial charge is 0.342 e. The molecule has 0 radical (unpaired) electrons. The fraction of sp³-hybridized carbons (Fsp3) is 0.222. The van der Waals surface area contributed by atoms with Crippen LogP contribution in [0.4, 0.5) is 0 Å². The van der Waals surface area contributed by atoms with Crippen molar-refractivity contribution in [3.05, 3.63) is 56.6 Å². The van der Waals surface area contributed by atoms with E-state index in [0.717, 1.165) is 15.3 Å². The van der Waals surface area contributed by atoms with Crippen LogP contribution < -0.4 is 15.2 Å². The highest BCUT2D eigenvalue weighted by Gasteiger charge is 2.37. The van der Waals surface area contributed by atoms with Gasteiger partial charge in [0.15, 0.2) is 5.75 Å².